The Morgan fingerprint density at radius 1 is 1.46 bits per heavy atom. The van der Waals surface area contributed by atoms with Crippen LogP contribution in [0, 0.1) is 5.95 Å². The minimum Gasteiger partial charge on any atom is -0.355 e. The summed E-state index contributed by atoms with van der Waals surface area (Å²) in [4.78, 5) is 9.54. The summed E-state index contributed by atoms with van der Waals surface area (Å²) in [5, 5.41) is 0. The van der Waals surface area contributed by atoms with Gasteiger partial charge in [-0.3, -0.25) is 4.98 Å². The Balaban J connectivity index is 2.14. The van der Waals surface area contributed by atoms with E-state index in [9.17, 15) is 4.39 Å². The fraction of sp³-hybridized carbons (Fsp3) is 0.556. The summed E-state index contributed by atoms with van der Waals surface area (Å²) in [6.07, 6.45) is 6.33. The van der Waals surface area contributed by atoms with Crippen LogP contribution >= 0.6 is 0 Å². The zero-order valence-corrected chi connectivity index (χ0v) is 7.57. The quantitative estimate of drug-likeness (QED) is 0.694. The summed E-state index contributed by atoms with van der Waals surface area (Å²) in [6.45, 7) is 0. The van der Waals surface area contributed by atoms with Crippen molar-refractivity contribution in [3.8, 4) is 0 Å². The molecule has 0 bridgehead atoms. The highest BCUT2D eigenvalue weighted by molar-refractivity contribution is 5.36. The Kier molecular flexibility index (Phi) is 2.12. The second kappa shape index (κ2) is 3.28. The molecular formula is C9H12FN3. The Labute approximate surface area is 76.6 Å². The van der Waals surface area contributed by atoms with Crippen molar-refractivity contribution in [1.29, 1.82) is 0 Å². The van der Waals surface area contributed by atoms with Gasteiger partial charge in [-0.1, -0.05) is 0 Å². The van der Waals surface area contributed by atoms with Gasteiger partial charge in [0, 0.05) is 13.1 Å². The standard InChI is InChI=1S/C9H12FN3/c1-13(7-3-2-4-7)9-6-11-5-8(10)12-9/h5-7H,2-4H2,1H3. The van der Waals surface area contributed by atoms with Crippen LogP contribution in [0.25, 0.3) is 0 Å². The van der Waals surface area contributed by atoms with Crippen LogP contribution in [0.4, 0.5) is 10.2 Å². The largest absolute Gasteiger partial charge is 0.355 e. The maximum Gasteiger partial charge on any atom is 0.233 e. The van der Waals surface area contributed by atoms with Crippen molar-refractivity contribution in [2.45, 2.75) is 25.3 Å². The fourth-order valence-electron chi connectivity index (χ4n) is 1.46. The lowest BCUT2D eigenvalue weighted by Gasteiger charge is -2.35. The van der Waals surface area contributed by atoms with E-state index in [2.05, 4.69) is 9.97 Å². The van der Waals surface area contributed by atoms with Crippen LogP contribution in [-0.2, 0) is 0 Å². The van der Waals surface area contributed by atoms with Crippen molar-refractivity contribution in [2.75, 3.05) is 11.9 Å². The molecule has 1 fully saturated rings. The summed E-state index contributed by atoms with van der Waals surface area (Å²) in [5.41, 5.74) is 0. The third-order valence-electron chi connectivity index (χ3n) is 2.58. The van der Waals surface area contributed by atoms with Gasteiger partial charge in [-0.15, -0.1) is 0 Å². The number of hydrogen-bond donors (Lipinski definition) is 0. The van der Waals surface area contributed by atoms with E-state index in [1.807, 2.05) is 11.9 Å². The van der Waals surface area contributed by atoms with Crippen LogP contribution in [0.2, 0.25) is 0 Å². The first-order valence-corrected chi connectivity index (χ1v) is 4.48. The molecule has 70 valence electrons. The fourth-order valence-corrected chi connectivity index (χ4v) is 1.46. The lowest BCUT2D eigenvalue weighted by atomic mass is 9.92. The molecule has 1 aromatic rings. The molecule has 0 N–H and O–H groups in total. The van der Waals surface area contributed by atoms with E-state index in [1.165, 1.54) is 19.3 Å². The van der Waals surface area contributed by atoms with Crippen molar-refractivity contribution >= 4 is 5.82 Å². The zero-order valence-electron chi connectivity index (χ0n) is 7.57. The molecule has 1 heterocycles. The van der Waals surface area contributed by atoms with Gasteiger partial charge >= 0.3 is 0 Å². The first-order valence-electron chi connectivity index (χ1n) is 4.48. The second-order valence-corrected chi connectivity index (χ2v) is 3.40. The predicted octanol–water partition coefficient (Wildman–Crippen LogP) is 1.60. The molecule has 0 saturated heterocycles. The molecule has 1 aliphatic carbocycles. The minimum absolute atomic E-state index is 0.510. The summed E-state index contributed by atoms with van der Waals surface area (Å²) in [5.74, 6) is 0.119. The Morgan fingerprint density at radius 2 is 2.23 bits per heavy atom. The Hall–Kier alpha value is -1.19. The number of halogens is 1. The monoisotopic (exact) mass is 181 g/mol. The highest BCUT2D eigenvalue weighted by atomic mass is 19.1. The normalized spacial score (nSPS) is 16.8. The summed E-state index contributed by atoms with van der Waals surface area (Å²) in [7, 11) is 1.94. The van der Waals surface area contributed by atoms with Gasteiger partial charge in [0.1, 0.15) is 5.82 Å². The molecule has 0 aliphatic heterocycles. The van der Waals surface area contributed by atoms with Crippen LogP contribution < -0.4 is 4.90 Å². The van der Waals surface area contributed by atoms with E-state index < -0.39 is 5.95 Å². The highest BCUT2D eigenvalue weighted by Crippen LogP contribution is 2.26. The van der Waals surface area contributed by atoms with Crippen molar-refractivity contribution in [2.24, 2.45) is 0 Å². The van der Waals surface area contributed by atoms with E-state index in [-0.39, 0.29) is 0 Å². The molecule has 0 spiro atoms. The Morgan fingerprint density at radius 3 is 2.77 bits per heavy atom. The summed E-state index contributed by atoms with van der Waals surface area (Å²) < 4.78 is 12.7. The average molecular weight is 181 g/mol. The van der Waals surface area contributed by atoms with Gasteiger partial charge in [-0.2, -0.15) is 9.37 Å². The van der Waals surface area contributed by atoms with E-state index in [0.717, 1.165) is 6.20 Å². The maximum absolute atomic E-state index is 12.7. The maximum atomic E-state index is 12.7. The summed E-state index contributed by atoms with van der Waals surface area (Å²) >= 11 is 0. The topological polar surface area (TPSA) is 29.0 Å². The molecule has 13 heavy (non-hydrogen) atoms. The number of anilines is 1. The first-order chi connectivity index (χ1) is 6.27. The number of aromatic nitrogens is 2. The van der Waals surface area contributed by atoms with E-state index in [1.54, 1.807) is 6.20 Å². The molecule has 0 unspecified atom stereocenters. The van der Waals surface area contributed by atoms with Crippen molar-refractivity contribution in [3.63, 3.8) is 0 Å². The lowest BCUT2D eigenvalue weighted by molar-refractivity contribution is 0.397. The first kappa shape index (κ1) is 8.41. The van der Waals surface area contributed by atoms with Crippen molar-refractivity contribution < 1.29 is 4.39 Å². The predicted molar refractivity (Wildman–Crippen MR) is 48.0 cm³/mol. The number of hydrogen-bond acceptors (Lipinski definition) is 3. The van der Waals surface area contributed by atoms with Gasteiger partial charge in [0.15, 0.2) is 0 Å². The van der Waals surface area contributed by atoms with Crippen LogP contribution in [0.1, 0.15) is 19.3 Å². The molecule has 0 aromatic carbocycles. The van der Waals surface area contributed by atoms with Crippen LogP contribution in [-0.4, -0.2) is 23.1 Å². The molecule has 3 nitrogen and oxygen atoms in total. The summed E-state index contributed by atoms with van der Waals surface area (Å²) in [6, 6.07) is 0.524. The number of nitrogens with zero attached hydrogens (tertiary/aromatic N) is 3. The molecular weight excluding hydrogens is 169 g/mol. The van der Waals surface area contributed by atoms with Gasteiger partial charge in [0.25, 0.3) is 0 Å². The van der Waals surface area contributed by atoms with Gasteiger partial charge in [0.05, 0.1) is 12.4 Å². The molecule has 0 atom stereocenters. The van der Waals surface area contributed by atoms with Crippen molar-refractivity contribution in [3.05, 3.63) is 18.3 Å². The molecule has 1 aromatic heterocycles. The van der Waals surface area contributed by atoms with Crippen molar-refractivity contribution in [1.82, 2.24) is 9.97 Å². The molecule has 1 aliphatic rings. The van der Waals surface area contributed by atoms with E-state index >= 15 is 0 Å². The third-order valence-corrected chi connectivity index (χ3v) is 2.58. The minimum atomic E-state index is -0.510. The average Bonchev–Trinajstić information content (AvgIpc) is 2.01. The van der Waals surface area contributed by atoms with E-state index in [0.29, 0.717) is 11.9 Å². The number of rotatable bonds is 2. The van der Waals surface area contributed by atoms with Gasteiger partial charge in [-0.05, 0) is 19.3 Å². The molecule has 2 rings (SSSR count). The van der Waals surface area contributed by atoms with Gasteiger partial charge in [0.2, 0.25) is 5.95 Å². The second-order valence-electron chi connectivity index (χ2n) is 3.40. The van der Waals surface area contributed by atoms with E-state index in [4.69, 9.17) is 0 Å². The lowest BCUT2D eigenvalue weighted by Crippen LogP contribution is -2.37. The van der Waals surface area contributed by atoms with Crippen LogP contribution in [0.15, 0.2) is 12.4 Å². The highest BCUT2D eigenvalue weighted by Gasteiger charge is 2.23. The molecule has 1 saturated carbocycles. The SMILES string of the molecule is CN(c1cncc(F)n1)C1CCC1. The smallest absolute Gasteiger partial charge is 0.233 e. The molecule has 0 radical (unpaired) electrons. The Bertz CT molecular complexity index is 299. The third kappa shape index (κ3) is 1.61. The molecule has 0 amide bonds. The van der Waals surface area contributed by atoms with Gasteiger partial charge in [-0.25, -0.2) is 0 Å². The van der Waals surface area contributed by atoms with Crippen LogP contribution in [0.5, 0.6) is 0 Å². The van der Waals surface area contributed by atoms with Gasteiger partial charge < -0.3 is 4.90 Å². The zero-order chi connectivity index (χ0) is 9.26. The molecule has 4 heteroatoms. The van der Waals surface area contributed by atoms with Crippen LogP contribution in [0.3, 0.4) is 0 Å².